The third-order valence-electron chi connectivity index (χ3n) is 2.07. The molecular weight excluding hydrogens is 148 g/mol. The Morgan fingerprint density at radius 2 is 2.18 bits per heavy atom. The van der Waals surface area contributed by atoms with Crippen LogP contribution in [0.5, 0.6) is 0 Å². The van der Waals surface area contributed by atoms with Crippen LogP contribution in [0.15, 0.2) is 0 Å². The lowest BCUT2D eigenvalue weighted by Gasteiger charge is -2.12. The molecule has 4 atom stereocenters. The van der Waals surface area contributed by atoms with E-state index in [-0.39, 0.29) is 18.8 Å². The lowest BCUT2D eigenvalue weighted by molar-refractivity contribution is -0.137. The molecule has 0 amide bonds. The van der Waals surface area contributed by atoms with Crippen molar-refractivity contribution >= 4 is 0 Å². The van der Waals surface area contributed by atoms with Crippen molar-refractivity contribution in [3.63, 3.8) is 0 Å². The van der Waals surface area contributed by atoms with Crippen molar-refractivity contribution in [1.82, 2.24) is 0 Å². The molecule has 4 nitrogen and oxygen atoms in total. The van der Waals surface area contributed by atoms with E-state index in [1.165, 1.54) is 7.11 Å². The summed E-state index contributed by atoms with van der Waals surface area (Å²) in [4.78, 5) is 0. The molecule has 0 aromatic carbocycles. The molecule has 0 aromatic rings. The first-order valence-electron chi connectivity index (χ1n) is 3.68. The van der Waals surface area contributed by atoms with Gasteiger partial charge in [0, 0.05) is 13.0 Å². The first-order chi connectivity index (χ1) is 5.20. The van der Waals surface area contributed by atoms with Gasteiger partial charge in [0.15, 0.2) is 6.29 Å². The Balaban J connectivity index is 2.53. The van der Waals surface area contributed by atoms with Crippen LogP contribution in [0.25, 0.3) is 0 Å². The van der Waals surface area contributed by atoms with Gasteiger partial charge in [0.1, 0.15) is 6.10 Å². The molecule has 0 saturated carbocycles. The zero-order valence-corrected chi connectivity index (χ0v) is 6.73. The van der Waals surface area contributed by atoms with Crippen LogP contribution in [0.2, 0.25) is 0 Å². The van der Waals surface area contributed by atoms with Crippen LogP contribution in [0.4, 0.5) is 0 Å². The van der Waals surface area contributed by atoms with E-state index in [2.05, 4.69) is 0 Å². The molecule has 4 heteroatoms. The molecular formula is C7H14O4. The maximum absolute atomic E-state index is 9.39. The molecule has 2 N–H and O–H groups in total. The van der Waals surface area contributed by atoms with Crippen LogP contribution in [0.1, 0.15) is 6.92 Å². The van der Waals surface area contributed by atoms with Gasteiger partial charge in [-0.25, -0.2) is 0 Å². The Morgan fingerprint density at radius 3 is 2.45 bits per heavy atom. The van der Waals surface area contributed by atoms with Gasteiger partial charge in [-0.05, 0) is 0 Å². The lowest BCUT2D eigenvalue weighted by Crippen LogP contribution is -2.28. The normalized spacial score (nSPS) is 44.7. The third-order valence-corrected chi connectivity index (χ3v) is 2.07. The molecule has 1 heterocycles. The molecule has 0 spiro atoms. The first-order valence-corrected chi connectivity index (χ1v) is 3.68. The summed E-state index contributed by atoms with van der Waals surface area (Å²) in [6.45, 7) is 1.67. The molecule has 1 aliphatic rings. The molecule has 1 rings (SSSR count). The summed E-state index contributed by atoms with van der Waals surface area (Å²) in [6, 6.07) is 0. The average Bonchev–Trinajstić information content (AvgIpc) is 2.30. The highest BCUT2D eigenvalue weighted by atomic mass is 16.7. The fourth-order valence-corrected chi connectivity index (χ4v) is 1.30. The summed E-state index contributed by atoms with van der Waals surface area (Å²) in [7, 11) is 1.52. The van der Waals surface area contributed by atoms with Gasteiger partial charge in [-0.15, -0.1) is 0 Å². The minimum atomic E-state index is -0.620. The van der Waals surface area contributed by atoms with Crippen molar-refractivity contribution in [3.8, 4) is 0 Å². The summed E-state index contributed by atoms with van der Waals surface area (Å²) < 4.78 is 10.1. The largest absolute Gasteiger partial charge is 0.394 e. The molecule has 1 aliphatic heterocycles. The highest BCUT2D eigenvalue weighted by molar-refractivity contribution is 4.83. The minimum Gasteiger partial charge on any atom is -0.394 e. The van der Waals surface area contributed by atoms with Crippen LogP contribution in [-0.4, -0.2) is 42.4 Å². The Kier molecular flexibility index (Phi) is 2.84. The predicted octanol–water partition coefficient (Wildman–Crippen LogP) is -0.653. The molecule has 0 radical (unpaired) electrons. The summed E-state index contributed by atoms with van der Waals surface area (Å²) in [5.41, 5.74) is 0. The number of hydrogen-bond acceptors (Lipinski definition) is 4. The van der Waals surface area contributed by atoms with Crippen molar-refractivity contribution in [3.05, 3.63) is 0 Å². The Bertz CT molecular complexity index is 110. The Hall–Kier alpha value is -0.160. The van der Waals surface area contributed by atoms with E-state index >= 15 is 0 Å². The average molecular weight is 162 g/mol. The number of rotatable bonds is 2. The maximum atomic E-state index is 9.39. The van der Waals surface area contributed by atoms with Crippen molar-refractivity contribution in [2.24, 2.45) is 5.92 Å². The van der Waals surface area contributed by atoms with Gasteiger partial charge in [-0.2, -0.15) is 0 Å². The van der Waals surface area contributed by atoms with E-state index in [9.17, 15) is 5.11 Å². The summed E-state index contributed by atoms with van der Waals surface area (Å²) >= 11 is 0. The second-order valence-corrected chi connectivity index (χ2v) is 2.81. The van der Waals surface area contributed by atoms with E-state index in [4.69, 9.17) is 14.6 Å². The summed E-state index contributed by atoms with van der Waals surface area (Å²) in [5, 5.41) is 18.1. The zero-order valence-electron chi connectivity index (χ0n) is 6.73. The van der Waals surface area contributed by atoms with Crippen LogP contribution < -0.4 is 0 Å². The van der Waals surface area contributed by atoms with E-state index in [0.29, 0.717) is 0 Å². The van der Waals surface area contributed by atoms with Crippen molar-refractivity contribution in [1.29, 1.82) is 0 Å². The van der Waals surface area contributed by atoms with Gasteiger partial charge in [0.25, 0.3) is 0 Å². The molecule has 4 unspecified atom stereocenters. The van der Waals surface area contributed by atoms with E-state index in [1.54, 1.807) is 0 Å². The predicted molar refractivity (Wildman–Crippen MR) is 37.9 cm³/mol. The standard InChI is InChI=1S/C7H14O4/c1-4-6(9)5(3-8)11-7(4)10-2/h4-9H,3H2,1-2H3. The highest BCUT2D eigenvalue weighted by Crippen LogP contribution is 2.26. The van der Waals surface area contributed by atoms with Crippen LogP contribution in [-0.2, 0) is 9.47 Å². The smallest absolute Gasteiger partial charge is 0.162 e. The topological polar surface area (TPSA) is 58.9 Å². The van der Waals surface area contributed by atoms with Crippen LogP contribution in [0, 0.1) is 5.92 Å². The SMILES string of the molecule is COC1OC(CO)C(O)C1C. The van der Waals surface area contributed by atoms with Gasteiger partial charge >= 0.3 is 0 Å². The molecule has 11 heavy (non-hydrogen) atoms. The van der Waals surface area contributed by atoms with Gasteiger partial charge in [0.05, 0.1) is 12.7 Å². The second kappa shape index (κ2) is 3.49. The number of hydrogen-bond donors (Lipinski definition) is 2. The molecule has 1 saturated heterocycles. The second-order valence-electron chi connectivity index (χ2n) is 2.81. The molecule has 0 bridgehead atoms. The van der Waals surface area contributed by atoms with Crippen molar-refractivity contribution in [2.75, 3.05) is 13.7 Å². The van der Waals surface area contributed by atoms with Gasteiger partial charge < -0.3 is 19.7 Å². The summed E-state index contributed by atoms with van der Waals surface area (Å²) in [6.07, 6.45) is -1.50. The number of methoxy groups -OCH3 is 1. The Labute approximate surface area is 65.7 Å². The molecule has 0 aromatic heterocycles. The zero-order chi connectivity index (χ0) is 8.43. The fraction of sp³-hybridized carbons (Fsp3) is 1.00. The summed E-state index contributed by atoms with van der Waals surface area (Å²) in [5.74, 6) is -0.0721. The molecule has 66 valence electrons. The number of aliphatic hydroxyl groups is 2. The Morgan fingerprint density at radius 1 is 1.55 bits per heavy atom. The van der Waals surface area contributed by atoms with Crippen LogP contribution in [0.3, 0.4) is 0 Å². The van der Waals surface area contributed by atoms with Crippen LogP contribution >= 0.6 is 0 Å². The first kappa shape index (κ1) is 8.93. The van der Waals surface area contributed by atoms with Crippen molar-refractivity contribution in [2.45, 2.75) is 25.4 Å². The van der Waals surface area contributed by atoms with Crippen molar-refractivity contribution < 1.29 is 19.7 Å². The maximum Gasteiger partial charge on any atom is 0.162 e. The van der Waals surface area contributed by atoms with E-state index < -0.39 is 12.2 Å². The van der Waals surface area contributed by atoms with Gasteiger partial charge in [-0.3, -0.25) is 0 Å². The van der Waals surface area contributed by atoms with E-state index in [1.807, 2.05) is 6.92 Å². The minimum absolute atomic E-state index is 0.0721. The molecule has 1 fully saturated rings. The third kappa shape index (κ3) is 1.54. The fourth-order valence-electron chi connectivity index (χ4n) is 1.30. The molecule has 0 aliphatic carbocycles. The van der Waals surface area contributed by atoms with Gasteiger partial charge in [0.2, 0.25) is 0 Å². The van der Waals surface area contributed by atoms with E-state index in [0.717, 1.165) is 0 Å². The lowest BCUT2D eigenvalue weighted by atomic mass is 10.0. The number of ether oxygens (including phenoxy) is 2. The number of aliphatic hydroxyl groups excluding tert-OH is 2. The van der Waals surface area contributed by atoms with Gasteiger partial charge in [-0.1, -0.05) is 6.92 Å². The monoisotopic (exact) mass is 162 g/mol. The quantitative estimate of drug-likeness (QED) is 0.566. The highest BCUT2D eigenvalue weighted by Gasteiger charge is 2.40.